The number of aromatic nitrogens is 1. The Hall–Kier alpha value is -3.67. The fourth-order valence-electron chi connectivity index (χ4n) is 4.29. The van der Waals surface area contributed by atoms with Crippen molar-refractivity contribution in [1.29, 1.82) is 0 Å². The minimum Gasteiger partial charge on any atom is -0.480 e. The van der Waals surface area contributed by atoms with Crippen molar-refractivity contribution in [3.8, 4) is 0 Å². The second-order valence-electron chi connectivity index (χ2n) is 8.21. The summed E-state index contributed by atoms with van der Waals surface area (Å²) in [7, 11) is 1.15. The van der Waals surface area contributed by atoms with Crippen molar-refractivity contribution in [1.82, 2.24) is 15.4 Å². The molecule has 180 valence electrons. The predicted molar refractivity (Wildman–Crippen MR) is 112 cm³/mol. The van der Waals surface area contributed by atoms with Crippen LogP contribution in [-0.4, -0.2) is 65.1 Å². The molecule has 12 heteroatoms. The highest BCUT2D eigenvalue weighted by Crippen LogP contribution is 2.40. The van der Waals surface area contributed by atoms with E-state index in [9.17, 15) is 27.9 Å². The minimum atomic E-state index is -3.22. The smallest absolute Gasteiger partial charge is 0.338 e. The summed E-state index contributed by atoms with van der Waals surface area (Å²) < 4.78 is 51.7. The molecule has 9 nitrogen and oxygen atoms in total. The average Bonchev–Trinajstić information content (AvgIpc) is 3.41. The van der Waals surface area contributed by atoms with Crippen LogP contribution in [0.4, 0.5) is 13.2 Å². The highest BCUT2D eigenvalue weighted by Gasteiger charge is 2.50. The topological polar surface area (TPSA) is 117 Å². The number of carboxylic acid groups (broad SMARTS) is 1. The minimum absolute atomic E-state index is 0.0341. The highest BCUT2D eigenvalue weighted by molar-refractivity contribution is 6.03. The van der Waals surface area contributed by atoms with Gasteiger partial charge in [0.25, 0.3) is 5.92 Å². The molecule has 2 aliphatic heterocycles. The van der Waals surface area contributed by atoms with Gasteiger partial charge >= 0.3 is 11.9 Å². The number of carbonyl (C=O) groups excluding carboxylic acids is 1. The fraction of sp³-hybridized carbons (Fsp3) is 0.364. The number of amidine groups is 1. The zero-order chi connectivity index (χ0) is 24.7. The Labute approximate surface area is 191 Å². The summed E-state index contributed by atoms with van der Waals surface area (Å²) in [5, 5.41) is 16.3. The van der Waals surface area contributed by atoms with E-state index in [-0.39, 0.29) is 29.3 Å². The molecule has 2 aliphatic rings. The predicted octanol–water partition coefficient (Wildman–Crippen LogP) is 2.30. The Morgan fingerprint density at radius 2 is 2.00 bits per heavy atom. The molecule has 0 aliphatic carbocycles. The lowest BCUT2D eigenvalue weighted by Gasteiger charge is -2.36. The number of aliphatic imine (C=N–C) groups is 1. The maximum Gasteiger partial charge on any atom is 0.338 e. The molecule has 1 aromatic carbocycles. The second-order valence-corrected chi connectivity index (χ2v) is 8.21. The number of methoxy groups -OCH3 is 1. The van der Waals surface area contributed by atoms with Crippen LogP contribution in [0.2, 0.25) is 0 Å². The molecular formula is C22H21F3N4O5. The molecule has 2 atom stereocenters. The van der Waals surface area contributed by atoms with Gasteiger partial charge in [-0.2, -0.15) is 0 Å². The van der Waals surface area contributed by atoms with Crippen molar-refractivity contribution in [3.05, 3.63) is 64.9 Å². The summed E-state index contributed by atoms with van der Waals surface area (Å²) in [6.45, 7) is 0.429. The van der Waals surface area contributed by atoms with Crippen molar-refractivity contribution < 1.29 is 37.1 Å². The number of hydrogen-bond acceptors (Lipinski definition) is 8. The summed E-state index contributed by atoms with van der Waals surface area (Å²) in [5.41, 5.74) is -0.702. The Balaban J connectivity index is 1.86. The van der Waals surface area contributed by atoms with E-state index in [4.69, 9.17) is 9.26 Å². The number of nitrogens with zero attached hydrogens (tertiary/aromatic N) is 3. The van der Waals surface area contributed by atoms with Gasteiger partial charge in [-0.15, -0.1) is 0 Å². The Bertz CT molecular complexity index is 1160. The maximum absolute atomic E-state index is 14.1. The summed E-state index contributed by atoms with van der Waals surface area (Å²) >= 11 is 0. The number of benzene rings is 1. The van der Waals surface area contributed by atoms with Gasteiger partial charge in [0.05, 0.1) is 19.2 Å². The number of alkyl halides is 2. The molecule has 34 heavy (non-hydrogen) atoms. The number of aliphatic carboxylic acids is 1. The van der Waals surface area contributed by atoms with E-state index in [2.05, 4.69) is 15.5 Å². The van der Waals surface area contributed by atoms with Crippen LogP contribution < -0.4 is 5.32 Å². The van der Waals surface area contributed by atoms with Crippen LogP contribution in [-0.2, 0) is 19.9 Å². The highest BCUT2D eigenvalue weighted by atomic mass is 19.3. The van der Waals surface area contributed by atoms with Crippen molar-refractivity contribution in [2.24, 2.45) is 4.99 Å². The van der Waals surface area contributed by atoms with Crippen molar-refractivity contribution in [3.63, 3.8) is 0 Å². The summed E-state index contributed by atoms with van der Waals surface area (Å²) in [5.74, 6) is -5.78. The molecule has 0 bridgehead atoms. The molecule has 2 N–H and O–H groups in total. The van der Waals surface area contributed by atoms with Gasteiger partial charge in [-0.3, -0.25) is 9.69 Å². The Kier molecular flexibility index (Phi) is 5.94. The normalized spacial score (nSPS) is 24.5. The van der Waals surface area contributed by atoms with Gasteiger partial charge in [-0.25, -0.2) is 23.0 Å². The number of carboxylic acids is 1. The molecule has 1 saturated heterocycles. The number of likely N-dealkylation sites (tertiary alicyclic amines) is 1. The van der Waals surface area contributed by atoms with Crippen molar-refractivity contribution in [2.45, 2.75) is 30.8 Å². The Morgan fingerprint density at radius 1 is 1.29 bits per heavy atom. The molecule has 1 aromatic heterocycles. The lowest BCUT2D eigenvalue weighted by Crippen LogP contribution is -2.47. The molecule has 4 rings (SSSR count). The fourth-order valence-corrected chi connectivity index (χ4v) is 4.29. The van der Waals surface area contributed by atoms with Crippen LogP contribution in [0.25, 0.3) is 0 Å². The standard InChI is InChI=1S/C22H21F3N4O5/c1-21(12-3-5-13(23)6-4-12)17(20(32)33-2)15(26-18(27-21)14-7-8-34-28-14)10-29-11-22(24,25)9-16(29)19(30)31/h3-8,16H,9-11H2,1-2H3,(H,26,27)(H,30,31). The van der Waals surface area contributed by atoms with E-state index in [1.807, 2.05) is 0 Å². The van der Waals surface area contributed by atoms with E-state index < -0.39 is 48.2 Å². The second kappa shape index (κ2) is 8.60. The first-order valence-electron chi connectivity index (χ1n) is 10.2. The molecule has 0 saturated carbocycles. The third-order valence-electron chi connectivity index (χ3n) is 5.88. The number of ether oxygens (including phenoxy) is 1. The number of esters is 1. The number of nitrogens with one attached hydrogen (secondary N) is 1. The SMILES string of the molecule is COC(=O)C1=C(CN2CC(F)(F)CC2C(=O)O)NC(c2ccon2)=NC1(C)c1ccc(F)cc1. The quantitative estimate of drug-likeness (QED) is 0.608. The van der Waals surface area contributed by atoms with Crippen LogP contribution in [0.5, 0.6) is 0 Å². The number of carbonyl (C=O) groups is 2. The molecule has 0 amide bonds. The van der Waals surface area contributed by atoms with Gasteiger partial charge in [-0.1, -0.05) is 17.3 Å². The lowest BCUT2D eigenvalue weighted by molar-refractivity contribution is -0.142. The summed E-state index contributed by atoms with van der Waals surface area (Å²) in [6, 6.07) is 5.31. The van der Waals surface area contributed by atoms with Crippen LogP contribution in [0.15, 0.2) is 57.4 Å². The molecule has 0 spiro atoms. The van der Waals surface area contributed by atoms with Gasteiger partial charge < -0.3 is 19.7 Å². The van der Waals surface area contributed by atoms with Gasteiger partial charge in [0.1, 0.15) is 29.4 Å². The maximum atomic E-state index is 14.1. The average molecular weight is 478 g/mol. The van der Waals surface area contributed by atoms with E-state index in [0.717, 1.165) is 12.0 Å². The number of halogens is 3. The number of hydrogen-bond donors (Lipinski definition) is 2. The largest absolute Gasteiger partial charge is 0.480 e. The van der Waals surface area contributed by atoms with E-state index in [0.29, 0.717) is 5.56 Å². The molecule has 0 radical (unpaired) electrons. The van der Waals surface area contributed by atoms with Crippen molar-refractivity contribution >= 4 is 17.8 Å². The monoisotopic (exact) mass is 478 g/mol. The molecule has 2 unspecified atom stereocenters. The zero-order valence-corrected chi connectivity index (χ0v) is 18.2. The van der Waals surface area contributed by atoms with Gasteiger partial charge in [0, 0.05) is 24.7 Å². The van der Waals surface area contributed by atoms with E-state index in [1.165, 1.54) is 36.6 Å². The summed E-state index contributed by atoms with van der Waals surface area (Å²) in [6.07, 6.45) is 0.443. The van der Waals surface area contributed by atoms with Crippen molar-refractivity contribution in [2.75, 3.05) is 20.2 Å². The van der Waals surface area contributed by atoms with Gasteiger partial charge in [0.15, 0.2) is 5.84 Å². The Morgan fingerprint density at radius 3 is 2.59 bits per heavy atom. The molecular weight excluding hydrogens is 457 g/mol. The van der Waals surface area contributed by atoms with Crippen LogP contribution in [0, 0.1) is 5.82 Å². The van der Waals surface area contributed by atoms with E-state index in [1.54, 1.807) is 6.92 Å². The third kappa shape index (κ3) is 4.28. The first-order chi connectivity index (χ1) is 16.0. The van der Waals surface area contributed by atoms with Crippen LogP contribution >= 0.6 is 0 Å². The molecule has 1 fully saturated rings. The first-order valence-corrected chi connectivity index (χ1v) is 10.2. The molecule has 3 heterocycles. The van der Waals surface area contributed by atoms with Gasteiger partial charge in [0.2, 0.25) is 0 Å². The van der Waals surface area contributed by atoms with Crippen LogP contribution in [0.1, 0.15) is 24.6 Å². The third-order valence-corrected chi connectivity index (χ3v) is 5.88. The number of rotatable bonds is 6. The lowest BCUT2D eigenvalue weighted by atomic mass is 9.82. The molecule has 2 aromatic rings. The van der Waals surface area contributed by atoms with Crippen LogP contribution in [0.3, 0.4) is 0 Å². The zero-order valence-electron chi connectivity index (χ0n) is 18.2. The van der Waals surface area contributed by atoms with E-state index >= 15 is 0 Å². The first kappa shape index (κ1) is 23.5. The van der Waals surface area contributed by atoms with Gasteiger partial charge in [-0.05, 0) is 24.6 Å². The summed E-state index contributed by atoms with van der Waals surface area (Å²) in [4.78, 5) is 30.3.